The molecule has 6 heteroatoms. The first-order valence-electron chi connectivity index (χ1n) is 7.45. The third-order valence-electron chi connectivity index (χ3n) is 3.81. The van der Waals surface area contributed by atoms with E-state index in [2.05, 4.69) is 60.7 Å². The monoisotopic (exact) mass is 364 g/mol. The molecule has 0 aromatic heterocycles. The van der Waals surface area contributed by atoms with E-state index in [4.69, 9.17) is 0 Å². The second-order valence-corrected chi connectivity index (χ2v) is 5.39. The van der Waals surface area contributed by atoms with Gasteiger partial charge in [-0.05, 0) is 21.5 Å². The van der Waals surface area contributed by atoms with Crippen LogP contribution in [0.15, 0.2) is 60.7 Å². The van der Waals surface area contributed by atoms with Gasteiger partial charge in [0.2, 0.25) is 34.9 Å². The van der Waals surface area contributed by atoms with Gasteiger partial charge in [0, 0.05) is 0 Å². The molecule has 0 aliphatic heterocycles. The summed E-state index contributed by atoms with van der Waals surface area (Å²) in [5, 5.41) is 5.30. The summed E-state index contributed by atoms with van der Waals surface area (Å²) in [7, 11) is 0. The second kappa shape index (κ2) is 7.07. The first kappa shape index (κ1) is 17.8. The molecule has 0 amide bonds. The number of rotatable bonds is 0. The Morgan fingerprint density at radius 1 is 0.346 bits per heavy atom. The van der Waals surface area contributed by atoms with Crippen LogP contribution in [0.3, 0.4) is 0 Å². The zero-order valence-corrected chi connectivity index (χ0v) is 13.0. The molecular formula is C20H10F6. The molecule has 0 radical (unpaired) electrons. The van der Waals surface area contributed by atoms with Gasteiger partial charge in [-0.1, -0.05) is 60.7 Å². The standard InChI is InChI=1S/C14H10.C6F6/c1-3-7-13-11(5-1)9-10-12-6-2-4-8-14(12)13;7-1-2(8)4(10)6(12)5(11)3(1)9/h1-10H;. The maximum absolute atomic E-state index is 12.0. The molecule has 0 saturated heterocycles. The van der Waals surface area contributed by atoms with Crippen LogP contribution in [0.5, 0.6) is 0 Å². The first-order valence-corrected chi connectivity index (χ1v) is 7.45. The SMILES string of the molecule is Fc1c(F)c(F)c(F)c(F)c1F.c1ccc2c(c1)ccc1ccccc12. The van der Waals surface area contributed by atoms with E-state index in [-0.39, 0.29) is 0 Å². The molecule has 4 aromatic rings. The molecule has 0 spiro atoms. The van der Waals surface area contributed by atoms with Gasteiger partial charge in [0.15, 0.2) is 0 Å². The average molecular weight is 364 g/mol. The van der Waals surface area contributed by atoms with E-state index >= 15 is 0 Å². The van der Waals surface area contributed by atoms with Gasteiger partial charge in [0.25, 0.3) is 0 Å². The summed E-state index contributed by atoms with van der Waals surface area (Å²) in [6.45, 7) is 0. The van der Waals surface area contributed by atoms with Crippen molar-refractivity contribution in [2.24, 2.45) is 0 Å². The lowest BCUT2D eigenvalue weighted by Gasteiger charge is -2.02. The topological polar surface area (TPSA) is 0 Å². The highest BCUT2D eigenvalue weighted by Crippen LogP contribution is 2.24. The van der Waals surface area contributed by atoms with E-state index in [9.17, 15) is 26.3 Å². The number of fused-ring (bicyclic) bond motifs is 3. The fraction of sp³-hybridized carbons (Fsp3) is 0. The maximum atomic E-state index is 12.0. The summed E-state index contributed by atoms with van der Waals surface area (Å²) in [6.07, 6.45) is 0. The zero-order chi connectivity index (χ0) is 18.8. The molecule has 0 bridgehead atoms. The quantitative estimate of drug-likeness (QED) is 0.144. The van der Waals surface area contributed by atoms with Crippen molar-refractivity contribution in [1.29, 1.82) is 0 Å². The predicted octanol–water partition coefficient (Wildman–Crippen LogP) is 6.51. The molecule has 0 aliphatic rings. The smallest absolute Gasteiger partial charge is 0.200 e. The van der Waals surface area contributed by atoms with Crippen LogP contribution in [0.2, 0.25) is 0 Å². The third-order valence-corrected chi connectivity index (χ3v) is 3.81. The van der Waals surface area contributed by atoms with Gasteiger partial charge in [0.1, 0.15) is 0 Å². The molecule has 0 heterocycles. The molecule has 0 unspecified atom stereocenters. The van der Waals surface area contributed by atoms with Crippen molar-refractivity contribution in [3.05, 3.63) is 95.6 Å². The molecule has 4 aromatic carbocycles. The lowest BCUT2D eigenvalue weighted by Crippen LogP contribution is -2.04. The Balaban J connectivity index is 0.000000153. The van der Waals surface area contributed by atoms with Crippen molar-refractivity contribution in [2.75, 3.05) is 0 Å². The lowest BCUT2D eigenvalue weighted by molar-refractivity contribution is 0.334. The van der Waals surface area contributed by atoms with Crippen LogP contribution < -0.4 is 0 Å². The minimum absolute atomic E-state index is 1.31. The molecule has 0 nitrogen and oxygen atoms in total. The number of halogens is 6. The van der Waals surface area contributed by atoms with Gasteiger partial charge in [-0.2, -0.15) is 0 Å². The highest BCUT2D eigenvalue weighted by molar-refractivity contribution is 6.07. The summed E-state index contributed by atoms with van der Waals surface area (Å²) in [5.74, 6) is -14.2. The molecule has 0 N–H and O–H groups in total. The number of benzene rings is 4. The van der Waals surface area contributed by atoms with Crippen LogP contribution in [-0.4, -0.2) is 0 Å². The minimum atomic E-state index is -2.37. The molecule has 0 aliphatic carbocycles. The lowest BCUT2D eigenvalue weighted by atomic mass is 10.0. The molecule has 0 atom stereocenters. The Morgan fingerprint density at radius 2 is 0.615 bits per heavy atom. The summed E-state index contributed by atoms with van der Waals surface area (Å²) in [6, 6.07) is 21.4. The Kier molecular flexibility index (Phi) is 4.84. The Bertz CT molecular complexity index is 944. The van der Waals surface area contributed by atoms with E-state index in [0.29, 0.717) is 0 Å². The maximum Gasteiger partial charge on any atom is 0.200 e. The fourth-order valence-corrected chi connectivity index (χ4v) is 2.53. The fourth-order valence-electron chi connectivity index (χ4n) is 2.53. The molecule has 4 rings (SSSR count). The number of hydrogen-bond donors (Lipinski definition) is 0. The summed E-state index contributed by atoms with van der Waals surface area (Å²) >= 11 is 0. The molecule has 26 heavy (non-hydrogen) atoms. The van der Waals surface area contributed by atoms with Crippen LogP contribution >= 0.6 is 0 Å². The second-order valence-electron chi connectivity index (χ2n) is 5.39. The van der Waals surface area contributed by atoms with Gasteiger partial charge in [-0.25, -0.2) is 26.3 Å². The van der Waals surface area contributed by atoms with Crippen LogP contribution in [-0.2, 0) is 0 Å². The normalized spacial score (nSPS) is 10.7. The summed E-state index contributed by atoms with van der Waals surface area (Å²) < 4.78 is 72.2. The van der Waals surface area contributed by atoms with Gasteiger partial charge in [-0.3, -0.25) is 0 Å². The van der Waals surface area contributed by atoms with Crippen molar-refractivity contribution >= 4 is 21.5 Å². The van der Waals surface area contributed by atoms with Gasteiger partial charge in [-0.15, -0.1) is 0 Å². The van der Waals surface area contributed by atoms with Gasteiger partial charge >= 0.3 is 0 Å². The molecule has 0 saturated carbocycles. The summed E-state index contributed by atoms with van der Waals surface area (Å²) in [4.78, 5) is 0. The van der Waals surface area contributed by atoms with Crippen LogP contribution in [0.1, 0.15) is 0 Å². The average Bonchev–Trinajstić information content (AvgIpc) is 2.70. The van der Waals surface area contributed by atoms with Crippen LogP contribution in [0, 0.1) is 34.9 Å². The predicted molar refractivity (Wildman–Crippen MR) is 87.6 cm³/mol. The highest BCUT2D eigenvalue weighted by atomic mass is 19.2. The van der Waals surface area contributed by atoms with E-state index in [1.54, 1.807) is 0 Å². The van der Waals surface area contributed by atoms with E-state index in [0.717, 1.165) is 0 Å². The van der Waals surface area contributed by atoms with Crippen molar-refractivity contribution in [2.45, 2.75) is 0 Å². The Labute approximate surface area is 144 Å². The van der Waals surface area contributed by atoms with Crippen LogP contribution in [0.25, 0.3) is 21.5 Å². The molecule has 0 fully saturated rings. The van der Waals surface area contributed by atoms with Crippen molar-refractivity contribution in [1.82, 2.24) is 0 Å². The molecule has 132 valence electrons. The highest BCUT2D eigenvalue weighted by Gasteiger charge is 2.25. The Hall–Kier alpha value is -3.02. The summed E-state index contributed by atoms with van der Waals surface area (Å²) in [5.41, 5.74) is 0. The molecular weight excluding hydrogens is 354 g/mol. The van der Waals surface area contributed by atoms with E-state index in [1.807, 2.05) is 0 Å². The third kappa shape index (κ3) is 3.10. The van der Waals surface area contributed by atoms with Crippen molar-refractivity contribution in [3.63, 3.8) is 0 Å². The minimum Gasteiger partial charge on any atom is -0.200 e. The van der Waals surface area contributed by atoms with E-state index in [1.165, 1.54) is 21.5 Å². The largest absolute Gasteiger partial charge is 0.200 e. The van der Waals surface area contributed by atoms with Crippen LogP contribution in [0.4, 0.5) is 26.3 Å². The number of hydrogen-bond acceptors (Lipinski definition) is 0. The Morgan fingerprint density at radius 3 is 0.923 bits per heavy atom. The van der Waals surface area contributed by atoms with Crippen molar-refractivity contribution < 1.29 is 26.3 Å². The van der Waals surface area contributed by atoms with Crippen molar-refractivity contribution in [3.8, 4) is 0 Å². The zero-order valence-electron chi connectivity index (χ0n) is 13.0. The first-order chi connectivity index (χ1) is 12.4. The van der Waals surface area contributed by atoms with Gasteiger partial charge in [0.05, 0.1) is 0 Å². The van der Waals surface area contributed by atoms with E-state index < -0.39 is 34.9 Å². The van der Waals surface area contributed by atoms with Gasteiger partial charge < -0.3 is 0 Å².